The summed E-state index contributed by atoms with van der Waals surface area (Å²) in [4.78, 5) is 11.1. The van der Waals surface area contributed by atoms with Crippen molar-refractivity contribution in [1.82, 2.24) is 10.6 Å². The number of hydrogen-bond donors (Lipinski definition) is 2. The summed E-state index contributed by atoms with van der Waals surface area (Å²) in [6, 6.07) is 0.942. The Morgan fingerprint density at radius 3 is 2.24 bits per heavy atom. The van der Waals surface area contributed by atoms with E-state index in [1.165, 1.54) is 12.8 Å². The van der Waals surface area contributed by atoms with E-state index in [1.54, 1.807) is 0 Å². The molecule has 3 nitrogen and oxygen atoms in total. The maximum absolute atomic E-state index is 11.1. The van der Waals surface area contributed by atoms with Gasteiger partial charge in [0.25, 0.3) is 0 Å². The lowest BCUT2D eigenvalue weighted by Crippen LogP contribution is -2.41. The highest BCUT2D eigenvalue weighted by Crippen LogP contribution is 2.14. The van der Waals surface area contributed by atoms with Crippen LogP contribution in [0, 0.1) is 11.8 Å². The van der Waals surface area contributed by atoms with Gasteiger partial charge in [0, 0.05) is 25.0 Å². The Balaban J connectivity index is 2.29. The zero-order valence-corrected chi connectivity index (χ0v) is 11.8. The standard InChI is InChI=1S/C14H28N2O/c1-10(2)7-13(8-11(3)4)15-9-12-5-6-14(17)16-12/h10-13,15H,5-9H2,1-4H3,(H,16,17). The fourth-order valence-electron chi connectivity index (χ4n) is 2.54. The molecule has 1 heterocycles. The van der Waals surface area contributed by atoms with Crippen LogP contribution in [0.25, 0.3) is 0 Å². The maximum atomic E-state index is 11.1. The first kappa shape index (κ1) is 14.5. The molecule has 1 atom stereocenters. The second-order valence-corrected chi connectivity index (χ2v) is 6.17. The molecule has 2 N–H and O–H groups in total. The van der Waals surface area contributed by atoms with E-state index in [9.17, 15) is 4.79 Å². The van der Waals surface area contributed by atoms with Crippen LogP contribution in [0.2, 0.25) is 0 Å². The second-order valence-electron chi connectivity index (χ2n) is 6.17. The van der Waals surface area contributed by atoms with Gasteiger partial charge >= 0.3 is 0 Å². The van der Waals surface area contributed by atoms with Crippen molar-refractivity contribution in [1.29, 1.82) is 0 Å². The van der Waals surface area contributed by atoms with Gasteiger partial charge in [0.05, 0.1) is 0 Å². The predicted molar refractivity (Wildman–Crippen MR) is 71.9 cm³/mol. The summed E-state index contributed by atoms with van der Waals surface area (Å²) in [5.41, 5.74) is 0. The van der Waals surface area contributed by atoms with E-state index in [-0.39, 0.29) is 5.91 Å². The molecule has 0 spiro atoms. The van der Waals surface area contributed by atoms with Gasteiger partial charge in [-0.05, 0) is 31.1 Å². The number of amides is 1. The van der Waals surface area contributed by atoms with Crippen molar-refractivity contribution in [2.45, 2.75) is 65.5 Å². The number of hydrogen-bond acceptors (Lipinski definition) is 2. The third kappa shape index (κ3) is 6.06. The number of carbonyl (C=O) groups excluding carboxylic acids is 1. The molecule has 100 valence electrons. The Kier molecular flexibility index (Phi) is 5.96. The number of carbonyl (C=O) groups is 1. The molecule has 0 aliphatic carbocycles. The van der Waals surface area contributed by atoms with E-state index in [2.05, 4.69) is 38.3 Å². The van der Waals surface area contributed by atoms with Gasteiger partial charge in [-0.1, -0.05) is 27.7 Å². The summed E-state index contributed by atoms with van der Waals surface area (Å²) in [7, 11) is 0. The molecule has 17 heavy (non-hydrogen) atoms. The highest BCUT2D eigenvalue weighted by Gasteiger charge is 2.21. The van der Waals surface area contributed by atoms with Gasteiger partial charge in [-0.3, -0.25) is 4.79 Å². The van der Waals surface area contributed by atoms with Crippen molar-refractivity contribution in [2.75, 3.05) is 6.54 Å². The molecule has 0 aromatic carbocycles. The molecular weight excluding hydrogens is 212 g/mol. The molecule has 0 bridgehead atoms. The monoisotopic (exact) mass is 240 g/mol. The van der Waals surface area contributed by atoms with Gasteiger partial charge in [-0.2, -0.15) is 0 Å². The normalized spacial score (nSPS) is 20.6. The van der Waals surface area contributed by atoms with Crippen LogP contribution in [-0.4, -0.2) is 24.5 Å². The predicted octanol–water partition coefficient (Wildman–Crippen LogP) is 2.32. The van der Waals surface area contributed by atoms with E-state index >= 15 is 0 Å². The molecule has 0 aromatic heterocycles. The zero-order valence-electron chi connectivity index (χ0n) is 11.8. The first-order valence-corrected chi connectivity index (χ1v) is 7.00. The molecule has 0 saturated carbocycles. The average molecular weight is 240 g/mol. The summed E-state index contributed by atoms with van der Waals surface area (Å²) in [5, 5.41) is 6.64. The van der Waals surface area contributed by atoms with Gasteiger partial charge in [-0.25, -0.2) is 0 Å². The Labute approximate surface area is 106 Å². The fraction of sp³-hybridized carbons (Fsp3) is 0.929. The fourth-order valence-corrected chi connectivity index (χ4v) is 2.54. The lowest BCUT2D eigenvalue weighted by Gasteiger charge is -2.24. The molecule has 0 aromatic rings. The van der Waals surface area contributed by atoms with Crippen molar-refractivity contribution in [3.05, 3.63) is 0 Å². The molecule has 1 unspecified atom stereocenters. The third-order valence-electron chi connectivity index (χ3n) is 3.25. The van der Waals surface area contributed by atoms with Crippen LogP contribution < -0.4 is 10.6 Å². The summed E-state index contributed by atoms with van der Waals surface area (Å²) in [5.74, 6) is 1.66. The summed E-state index contributed by atoms with van der Waals surface area (Å²) in [6.45, 7) is 10.0. The minimum Gasteiger partial charge on any atom is -0.352 e. The van der Waals surface area contributed by atoms with Crippen LogP contribution in [0.15, 0.2) is 0 Å². The second kappa shape index (κ2) is 7.00. The highest BCUT2D eigenvalue weighted by atomic mass is 16.1. The largest absolute Gasteiger partial charge is 0.352 e. The van der Waals surface area contributed by atoms with Crippen LogP contribution >= 0.6 is 0 Å². The summed E-state index contributed by atoms with van der Waals surface area (Å²) in [6.07, 6.45) is 4.13. The molecule has 1 rings (SSSR count). The quantitative estimate of drug-likeness (QED) is 0.717. The first-order valence-electron chi connectivity index (χ1n) is 7.00. The lowest BCUT2D eigenvalue weighted by atomic mass is 9.95. The Hall–Kier alpha value is -0.570. The smallest absolute Gasteiger partial charge is 0.220 e. The van der Waals surface area contributed by atoms with Crippen molar-refractivity contribution in [3.63, 3.8) is 0 Å². The van der Waals surface area contributed by atoms with Crippen molar-refractivity contribution >= 4 is 5.91 Å². The van der Waals surface area contributed by atoms with E-state index in [4.69, 9.17) is 0 Å². The molecule has 1 saturated heterocycles. The molecular formula is C14H28N2O. The molecule has 1 amide bonds. The van der Waals surface area contributed by atoms with Crippen LogP contribution in [0.1, 0.15) is 53.4 Å². The van der Waals surface area contributed by atoms with Crippen LogP contribution in [-0.2, 0) is 4.79 Å². The van der Waals surface area contributed by atoms with E-state index in [1.807, 2.05) is 0 Å². The lowest BCUT2D eigenvalue weighted by molar-refractivity contribution is -0.119. The van der Waals surface area contributed by atoms with Crippen LogP contribution in [0.3, 0.4) is 0 Å². The average Bonchev–Trinajstić information content (AvgIpc) is 2.59. The number of nitrogens with one attached hydrogen (secondary N) is 2. The van der Waals surface area contributed by atoms with Gasteiger partial charge in [0.2, 0.25) is 5.91 Å². The van der Waals surface area contributed by atoms with Gasteiger partial charge in [0.1, 0.15) is 0 Å². The molecule has 0 radical (unpaired) electrons. The van der Waals surface area contributed by atoms with E-state index in [0.717, 1.165) is 24.8 Å². The summed E-state index contributed by atoms with van der Waals surface area (Å²) >= 11 is 0. The Morgan fingerprint density at radius 1 is 1.24 bits per heavy atom. The minimum atomic E-state index is 0.209. The van der Waals surface area contributed by atoms with Crippen LogP contribution in [0.5, 0.6) is 0 Å². The van der Waals surface area contributed by atoms with Crippen molar-refractivity contribution in [2.24, 2.45) is 11.8 Å². The first-order chi connectivity index (χ1) is 7.97. The molecule has 1 aliphatic rings. The maximum Gasteiger partial charge on any atom is 0.220 e. The topological polar surface area (TPSA) is 41.1 Å². The SMILES string of the molecule is CC(C)CC(CC(C)C)NCC1CCC(=O)N1. The van der Waals surface area contributed by atoms with E-state index in [0.29, 0.717) is 18.5 Å². The Morgan fingerprint density at radius 2 is 1.82 bits per heavy atom. The summed E-state index contributed by atoms with van der Waals surface area (Å²) < 4.78 is 0. The van der Waals surface area contributed by atoms with Crippen molar-refractivity contribution < 1.29 is 4.79 Å². The minimum absolute atomic E-state index is 0.209. The Bertz CT molecular complexity index is 228. The zero-order chi connectivity index (χ0) is 12.8. The van der Waals surface area contributed by atoms with Gasteiger partial charge in [0.15, 0.2) is 0 Å². The molecule has 1 aliphatic heterocycles. The van der Waals surface area contributed by atoms with E-state index < -0.39 is 0 Å². The highest BCUT2D eigenvalue weighted by molar-refractivity contribution is 5.78. The third-order valence-corrected chi connectivity index (χ3v) is 3.25. The van der Waals surface area contributed by atoms with Gasteiger partial charge in [-0.15, -0.1) is 0 Å². The van der Waals surface area contributed by atoms with Crippen LogP contribution in [0.4, 0.5) is 0 Å². The number of rotatable bonds is 7. The molecule has 3 heteroatoms. The molecule has 1 fully saturated rings. The van der Waals surface area contributed by atoms with Gasteiger partial charge < -0.3 is 10.6 Å². The van der Waals surface area contributed by atoms with Crippen molar-refractivity contribution in [3.8, 4) is 0 Å².